The van der Waals surface area contributed by atoms with E-state index in [1.54, 1.807) is 6.07 Å². The van der Waals surface area contributed by atoms with Gasteiger partial charge in [0.05, 0.1) is 11.3 Å². The van der Waals surface area contributed by atoms with Gasteiger partial charge < -0.3 is 4.84 Å². The van der Waals surface area contributed by atoms with Crippen LogP contribution in [0.4, 0.5) is 13.2 Å². The second-order valence-electron chi connectivity index (χ2n) is 4.12. The summed E-state index contributed by atoms with van der Waals surface area (Å²) in [5.41, 5.74) is 0.272. The highest BCUT2D eigenvalue weighted by Crippen LogP contribution is 2.29. The first-order chi connectivity index (χ1) is 8.34. The number of nitrogens with zero attached hydrogens (tertiary/aromatic N) is 1. The molecule has 0 saturated carbocycles. The molecule has 1 aromatic rings. The minimum absolute atomic E-state index is 0.0997. The molecule has 0 aliphatic carbocycles. The van der Waals surface area contributed by atoms with Crippen LogP contribution < -0.4 is 0 Å². The van der Waals surface area contributed by atoms with Gasteiger partial charge in [0.25, 0.3) is 0 Å². The lowest BCUT2D eigenvalue weighted by Crippen LogP contribution is -2.08. The number of oxime groups is 1. The second-order valence-corrected chi connectivity index (χ2v) is 4.12. The predicted octanol–water partition coefficient (Wildman–Crippen LogP) is 4.24. The first-order valence-electron chi connectivity index (χ1n) is 5.75. The lowest BCUT2D eigenvalue weighted by atomic mass is 10.0. The Kier molecular flexibility index (Phi) is 4.76. The fourth-order valence-corrected chi connectivity index (χ4v) is 1.37. The molecule has 5 heteroatoms. The van der Waals surface area contributed by atoms with Crippen LogP contribution >= 0.6 is 0 Å². The van der Waals surface area contributed by atoms with Crippen molar-refractivity contribution in [3.63, 3.8) is 0 Å². The lowest BCUT2D eigenvalue weighted by molar-refractivity contribution is -0.137. The summed E-state index contributed by atoms with van der Waals surface area (Å²) in [6.45, 7) is 5.44. The van der Waals surface area contributed by atoms with Gasteiger partial charge in [-0.3, -0.25) is 0 Å². The van der Waals surface area contributed by atoms with Crippen molar-refractivity contribution in [1.29, 1.82) is 0 Å². The average Bonchev–Trinajstić information content (AvgIpc) is 2.29. The van der Waals surface area contributed by atoms with E-state index >= 15 is 0 Å². The zero-order chi connectivity index (χ0) is 13.8. The monoisotopic (exact) mass is 259 g/mol. The van der Waals surface area contributed by atoms with E-state index in [0.717, 1.165) is 12.1 Å². The maximum Gasteiger partial charge on any atom is 0.416 e. The molecule has 0 N–H and O–H groups in total. The Bertz CT molecular complexity index is 424. The van der Waals surface area contributed by atoms with Gasteiger partial charge in [-0.25, -0.2) is 0 Å². The van der Waals surface area contributed by atoms with Gasteiger partial charge in [0.15, 0.2) is 0 Å². The number of hydrogen-bond acceptors (Lipinski definition) is 2. The van der Waals surface area contributed by atoms with Gasteiger partial charge in [0.1, 0.15) is 6.10 Å². The van der Waals surface area contributed by atoms with E-state index in [1.165, 1.54) is 6.07 Å². The van der Waals surface area contributed by atoms with Crippen molar-refractivity contribution in [2.75, 3.05) is 0 Å². The lowest BCUT2D eigenvalue weighted by Gasteiger charge is -2.10. The fraction of sp³-hybridized carbons (Fsp3) is 0.462. The van der Waals surface area contributed by atoms with Crippen molar-refractivity contribution in [2.45, 2.75) is 39.5 Å². The molecule has 2 nitrogen and oxygen atoms in total. The normalized spacial score (nSPS) is 12.9. The largest absolute Gasteiger partial charge is 0.416 e. The highest BCUT2D eigenvalue weighted by molar-refractivity contribution is 6.00. The maximum atomic E-state index is 12.6. The fourth-order valence-electron chi connectivity index (χ4n) is 1.37. The number of benzene rings is 1. The molecular weight excluding hydrogens is 243 g/mol. The molecule has 18 heavy (non-hydrogen) atoms. The quantitative estimate of drug-likeness (QED) is 0.585. The summed E-state index contributed by atoms with van der Waals surface area (Å²) in [5, 5.41) is 3.88. The summed E-state index contributed by atoms with van der Waals surface area (Å²) in [7, 11) is 0. The number of halogens is 3. The standard InChI is InChI=1S/C13H16F3NO/c1-4-12(17-18-9(2)3)10-6-5-7-11(8-10)13(14,15)16/h5-9H,4H2,1-3H3/b17-12+. The van der Waals surface area contributed by atoms with Gasteiger partial charge in [-0.15, -0.1) is 0 Å². The van der Waals surface area contributed by atoms with E-state index in [4.69, 9.17) is 4.84 Å². The summed E-state index contributed by atoms with van der Waals surface area (Å²) < 4.78 is 37.7. The van der Waals surface area contributed by atoms with Crippen LogP contribution in [0.5, 0.6) is 0 Å². The molecule has 0 aliphatic rings. The van der Waals surface area contributed by atoms with Crippen molar-refractivity contribution in [1.82, 2.24) is 0 Å². The van der Waals surface area contributed by atoms with Crippen molar-refractivity contribution >= 4 is 5.71 Å². The zero-order valence-corrected chi connectivity index (χ0v) is 10.6. The van der Waals surface area contributed by atoms with Crippen molar-refractivity contribution in [3.05, 3.63) is 35.4 Å². The molecule has 100 valence electrons. The minimum atomic E-state index is -4.34. The molecule has 0 aliphatic heterocycles. The van der Waals surface area contributed by atoms with E-state index in [-0.39, 0.29) is 6.10 Å². The Morgan fingerprint density at radius 1 is 1.33 bits per heavy atom. The molecule has 0 atom stereocenters. The van der Waals surface area contributed by atoms with Crippen LogP contribution in [0, 0.1) is 0 Å². The molecule has 0 radical (unpaired) electrons. The van der Waals surface area contributed by atoms with Crippen LogP contribution in [0.15, 0.2) is 29.4 Å². The van der Waals surface area contributed by atoms with Crippen LogP contribution in [-0.4, -0.2) is 11.8 Å². The van der Waals surface area contributed by atoms with Crippen LogP contribution in [0.3, 0.4) is 0 Å². The second kappa shape index (κ2) is 5.89. The number of rotatable bonds is 4. The van der Waals surface area contributed by atoms with Gasteiger partial charge in [-0.1, -0.05) is 24.2 Å². The molecule has 0 fully saturated rings. The maximum absolute atomic E-state index is 12.6. The van der Waals surface area contributed by atoms with E-state index in [9.17, 15) is 13.2 Å². The predicted molar refractivity (Wildman–Crippen MR) is 64.5 cm³/mol. The Morgan fingerprint density at radius 2 is 2.00 bits per heavy atom. The van der Waals surface area contributed by atoms with Crippen LogP contribution in [0.25, 0.3) is 0 Å². The minimum Gasteiger partial charge on any atom is -0.393 e. The topological polar surface area (TPSA) is 21.6 Å². The third-order valence-corrected chi connectivity index (χ3v) is 2.23. The van der Waals surface area contributed by atoms with E-state index in [0.29, 0.717) is 17.7 Å². The van der Waals surface area contributed by atoms with Crippen molar-refractivity contribution < 1.29 is 18.0 Å². The highest BCUT2D eigenvalue weighted by Gasteiger charge is 2.30. The van der Waals surface area contributed by atoms with E-state index in [2.05, 4.69) is 5.16 Å². The molecule has 0 unspecified atom stereocenters. The van der Waals surface area contributed by atoms with Crippen LogP contribution in [0.2, 0.25) is 0 Å². The molecule has 1 aromatic carbocycles. The van der Waals surface area contributed by atoms with Gasteiger partial charge in [0.2, 0.25) is 0 Å². The first kappa shape index (κ1) is 14.5. The van der Waals surface area contributed by atoms with Crippen molar-refractivity contribution in [3.8, 4) is 0 Å². The first-order valence-corrected chi connectivity index (χ1v) is 5.75. The molecule has 1 rings (SSSR count). The Morgan fingerprint density at radius 3 is 2.50 bits per heavy atom. The Balaban J connectivity index is 3.04. The van der Waals surface area contributed by atoms with Gasteiger partial charge in [-0.2, -0.15) is 13.2 Å². The van der Waals surface area contributed by atoms with Crippen LogP contribution in [0.1, 0.15) is 38.3 Å². The third kappa shape index (κ3) is 4.05. The Labute approximate surface area is 104 Å². The number of alkyl halides is 3. The molecule has 0 saturated heterocycles. The summed E-state index contributed by atoms with van der Waals surface area (Å²) in [4.78, 5) is 5.08. The molecular formula is C13H16F3NO. The highest BCUT2D eigenvalue weighted by atomic mass is 19.4. The molecule has 0 amide bonds. The summed E-state index contributed by atoms with van der Waals surface area (Å²) >= 11 is 0. The smallest absolute Gasteiger partial charge is 0.393 e. The third-order valence-electron chi connectivity index (χ3n) is 2.23. The molecule has 0 bridgehead atoms. The molecule has 0 aromatic heterocycles. The molecule has 0 spiro atoms. The Hall–Kier alpha value is -1.52. The van der Waals surface area contributed by atoms with E-state index < -0.39 is 11.7 Å². The summed E-state index contributed by atoms with van der Waals surface area (Å²) in [6.07, 6.45) is -3.93. The van der Waals surface area contributed by atoms with E-state index in [1.807, 2.05) is 20.8 Å². The summed E-state index contributed by atoms with van der Waals surface area (Å²) in [6, 6.07) is 5.10. The van der Waals surface area contributed by atoms with Gasteiger partial charge in [0, 0.05) is 0 Å². The van der Waals surface area contributed by atoms with Crippen molar-refractivity contribution in [2.24, 2.45) is 5.16 Å². The molecule has 0 heterocycles. The average molecular weight is 259 g/mol. The SMILES string of the molecule is CC/C(=N\OC(C)C)c1cccc(C(F)(F)F)c1. The van der Waals surface area contributed by atoms with Gasteiger partial charge >= 0.3 is 6.18 Å². The zero-order valence-electron chi connectivity index (χ0n) is 10.6. The van der Waals surface area contributed by atoms with Gasteiger partial charge in [-0.05, 0) is 38.0 Å². The number of hydrogen-bond donors (Lipinski definition) is 0. The van der Waals surface area contributed by atoms with Crippen LogP contribution in [-0.2, 0) is 11.0 Å². The summed E-state index contributed by atoms with van der Waals surface area (Å²) in [5.74, 6) is 0.